The molecule has 122 valence electrons. The molecule has 1 aliphatic rings. The molecule has 1 aliphatic heterocycles. The molecule has 2 aromatic heterocycles. The first-order valence-electron chi connectivity index (χ1n) is 7.41. The Balaban J connectivity index is 1.59. The van der Waals surface area contributed by atoms with Gasteiger partial charge in [-0.1, -0.05) is 17.7 Å². The number of likely N-dealkylation sites (tertiary alicyclic amines) is 1. The minimum Gasteiger partial charge on any atom is -0.350 e. The molecule has 1 saturated heterocycles. The number of hydrogen-bond donors (Lipinski definition) is 1. The van der Waals surface area contributed by atoms with Gasteiger partial charge in [-0.25, -0.2) is 4.39 Å². The van der Waals surface area contributed by atoms with E-state index in [2.05, 4.69) is 15.2 Å². The molecule has 3 rings (SSSR count). The van der Waals surface area contributed by atoms with E-state index in [0.717, 1.165) is 0 Å². The summed E-state index contributed by atoms with van der Waals surface area (Å²) < 4.78 is 13.8. The van der Waals surface area contributed by atoms with Crippen LogP contribution < -0.4 is 5.32 Å². The normalized spacial score (nSPS) is 21.5. The van der Waals surface area contributed by atoms with Crippen molar-refractivity contribution in [2.24, 2.45) is 0 Å². The number of carbonyl (C=O) groups excluding carboxylic acids is 1. The third-order valence-corrected chi connectivity index (χ3v) is 5.09. The van der Waals surface area contributed by atoms with Crippen molar-refractivity contribution >= 4 is 28.8 Å². The average molecular weight is 354 g/mol. The molecule has 0 radical (unpaired) electrons. The predicted molar refractivity (Wildman–Crippen MR) is 89.6 cm³/mol. The molecule has 0 spiro atoms. The van der Waals surface area contributed by atoms with Crippen LogP contribution in [0.15, 0.2) is 36.0 Å². The van der Waals surface area contributed by atoms with Gasteiger partial charge >= 0.3 is 0 Å². The molecule has 0 saturated carbocycles. The van der Waals surface area contributed by atoms with Gasteiger partial charge in [-0.05, 0) is 23.9 Å². The summed E-state index contributed by atoms with van der Waals surface area (Å²) in [6.45, 7) is 1.53. The van der Waals surface area contributed by atoms with E-state index in [1.165, 1.54) is 17.3 Å². The molecule has 3 heterocycles. The largest absolute Gasteiger partial charge is 0.350 e. The number of hydrogen-bond acceptors (Lipinski definition) is 4. The SMILES string of the molecule is O=C(NC[C@@H]1C[C@H](F)CN1Cc1cccs1)c1ccncc1Cl. The minimum absolute atomic E-state index is 0.00309. The molecule has 0 aliphatic carbocycles. The highest BCUT2D eigenvalue weighted by Gasteiger charge is 2.32. The van der Waals surface area contributed by atoms with Crippen molar-refractivity contribution in [2.45, 2.75) is 25.2 Å². The van der Waals surface area contributed by atoms with Crippen LogP contribution >= 0.6 is 22.9 Å². The molecular formula is C16H17ClFN3OS. The summed E-state index contributed by atoms with van der Waals surface area (Å²) in [5, 5.41) is 5.19. The molecule has 7 heteroatoms. The van der Waals surface area contributed by atoms with Crippen LogP contribution in [0.3, 0.4) is 0 Å². The van der Waals surface area contributed by atoms with Gasteiger partial charge in [0.05, 0.1) is 10.6 Å². The lowest BCUT2D eigenvalue weighted by atomic mass is 10.2. The number of pyridine rings is 1. The molecule has 1 N–H and O–H groups in total. The van der Waals surface area contributed by atoms with E-state index >= 15 is 0 Å². The van der Waals surface area contributed by atoms with E-state index in [-0.39, 0.29) is 11.9 Å². The Morgan fingerprint density at radius 3 is 3.13 bits per heavy atom. The molecule has 2 aromatic rings. The maximum atomic E-state index is 13.8. The second-order valence-electron chi connectivity index (χ2n) is 5.56. The fourth-order valence-electron chi connectivity index (χ4n) is 2.80. The van der Waals surface area contributed by atoms with Gasteiger partial charge in [0, 0.05) is 42.9 Å². The van der Waals surface area contributed by atoms with Gasteiger partial charge in [-0.15, -0.1) is 11.3 Å². The molecular weight excluding hydrogens is 337 g/mol. The Morgan fingerprint density at radius 2 is 2.39 bits per heavy atom. The minimum atomic E-state index is -0.846. The first-order chi connectivity index (χ1) is 11.1. The molecule has 0 aromatic carbocycles. The number of alkyl halides is 1. The van der Waals surface area contributed by atoms with E-state index in [1.807, 2.05) is 17.5 Å². The summed E-state index contributed by atoms with van der Waals surface area (Å²) in [6, 6.07) is 5.61. The number of rotatable bonds is 5. The number of carbonyl (C=O) groups is 1. The summed E-state index contributed by atoms with van der Waals surface area (Å²) in [7, 11) is 0. The Morgan fingerprint density at radius 1 is 1.52 bits per heavy atom. The van der Waals surface area contributed by atoms with E-state index in [1.54, 1.807) is 17.4 Å². The number of amides is 1. The van der Waals surface area contributed by atoms with E-state index < -0.39 is 6.17 Å². The highest BCUT2D eigenvalue weighted by atomic mass is 35.5. The zero-order chi connectivity index (χ0) is 16.2. The maximum absolute atomic E-state index is 13.8. The van der Waals surface area contributed by atoms with Crippen LogP contribution in [0, 0.1) is 0 Å². The molecule has 23 heavy (non-hydrogen) atoms. The van der Waals surface area contributed by atoms with Crippen LogP contribution in [-0.2, 0) is 6.54 Å². The Bertz CT molecular complexity index is 667. The number of aromatic nitrogens is 1. The van der Waals surface area contributed by atoms with Crippen LogP contribution in [0.1, 0.15) is 21.7 Å². The molecule has 0 bridgehead atoms. The van der Waals surface area contributed by atoms with Gasteiger partial charge in [0.15, 0.2) is 0 Å². The van der Waals surface area contributed by atoms with Crippen LogP contribution in [0.4, 0.5) is 4.39 Å². The van der Waals surface area contributed by atoms with Crippen molar-refractivity contribution in [3.63, 3.8) is 0 Å². The van der Waals surface area contributed by atoms with Gasteiger partial charge in [0.25, 0.3) is 5.91 Å². The van der Waals surface area contributed by atoms with Crippen molar-refractivity contribution in [3.8, 4) is 0 Å². The number of halogens is 2. The predicted octanol–water partition coefficient (Wildman–Crippen LogP) is 3.14. The number of nitrogens with zero attached hydrogens (tertiary/aromatic N) is 2. The zero-order valence-electron chi connectivity index (χ0n) is 12.4. The second kappa shape index (κ2) is 7.38. The summed E-state index contributed by atoms with van der Waals surface area (Å²) in [5.74, 6) is -0.254. The molecule has 2 atom stereocenters. The third-order valence-electron chi connectivity index (χ3n) is 3.93. The lowest BCUT2D eigenvalue weighted by molar-refractivity contribution is 0.0940. The van der Waals surface area contributed by atoms with Crippen molar-refractivity contribution in [1.29, 1.82) is 0 Å². The molecule has 1 amide bonds. The maximum Gasteiger partial charge on any atom is 0.252 e. The van der Waals surface area contributed by atoms with Crippen molar-refractivity contribution in [1.82, 2.24) is 15.2 Å². The highest BCUT2D eigenvalue weighted by molar-refractivity contribution is 7.09. The number of thiophene rings is 1. The monoisotopic (exact) mass is 353 g/mol. The molecule has 4 nitrogen and oxygen atoms in total. The van der Waals surface area contributed by atoms with Gasteiger partial charge in [0.1, 0.15) is 6.17 Å². The second-order valence-corrected chi connectivity index (χ2v) is 7.00. The van der Waals surface area contributed by atoms with E-state index in [0.29, 0.717) is 36.6 Å². The zero-order valence-corrected chi connectivity index (χ0v) is 14.0. The molecule has 1 fully saturated rings. The average Bonchev–Trinajstić information content (AvgIpc) is 3.15. The van der Waals surface area contributed by atoms with Crippen LogP contribution in [0.5, 0.6) is 0 Å². The first kappa shape index (κ1) is 16.4. The number of nitrogens with one attached hydrogen (secondary N) is 1. The molecule has 0 unspecified atom stereocenters. The topological polar surface area (TPSA) is 45.2 Å². The highest BCUT2D eigenvalue weighted by Crippen LogP contribution is 2.24. The van der Waals surface area contributed by atoms with Gasteiger partial charge in [0.2, 0.25) is 0 Å². The fourth-order valence-corrected chi connectivity index (χ4v) is 3.73. The van der Waals surface area contributed by atoms with Gasteiger partial charge < -0.3 is 5.32 Å². The Kier molecular flexibility index (Phi) is 5.25. The first-order valence-corrected chi connectivity index (χ1v) is 8.67. The summed E-state index contributed by atoms with van der Waals surface area (Å²) in [6.07, 6.45) is 2.56. The fraction of sp³-hybridized carbons (Fsp3) is 0.375. The van der Waals surface area contributed by atoms with Crippen LogP contribution in [0.25, 0.3) is 0 Å². The third kappa shape index (κ3) is 4.07. The van der Waals surface area contributed by atoms with Crippen LogP contribution in [0.2, 0.25) is 5.02 Å². The Labute approximate surface area is 143 Å². The van der Waals surface area contributed by atoms with Crippen molar-refractivity contribution in [3.05, 3.63) is 51.4 Å². The Hall–Kier alpha value is -1.50. The van der Waals surface area contributed by atoms with Gasteiger partial charge in [-0.3, -0.25) is 14.7 Å². The summed E-state index contributed by atoms with van der Waals surface area (Å²) in [4.78, 5) is 19.3. The summed E-state index contributed by atoms with van der Waals surface area (Å²) >= 11 is 7.63. The van der Waals surface area contributed by atoms with E-state index in [9.17, 15) is 9.18 Å². The van der Waals surface area contributed by atoms with Crippen LogP contribution in [-0.4, -0.2) is 41.1 Å². The lowest BCUT2D eigenvalue weighted by Crippen LogP contribution is -2.39. The smallest absolute Gasteiger partial charge is 0.252 e. The summed E-state index contributed by atoms with van der Waals surface area (Å²) in [5.41, 5.74) is 0.390. The van der Waals surface area contributed by atoms with Crippen molar-refractivity contribution in [2.75, 3.05) is 13.1 Å². The standard InChI is InChI=1S/C16H17ClFN3OS/c17-15-8-19-4-3-14(15)16(22)20-7-12-6-11(18)9-21(12)10-13-2-1-5-23-13/h1-5,8,11-12H,6-7,9-10H2,(H,20,22)/t11-,12-/m0/s1. The van der Waals surface area contributed by atoms with Gasteiger partial charge in [-0.2, -0.15) is 0 Å². The van der Waals surface area contributed by atoms with E-state index in [4.69, 9.17) is 11.6 Å². The quantitative estimate of drug-likeness (QED) is 0.898. The van der Waals surface area contributed by atoms with Crippen molar-refractivity contribution < 1.29 is 9.18 Å². The lowest BCUT2D eigenvalue weighted by Gasteiger charge is -2.23.